The summed E-state index contributed by atoms with van der Waals surface area (Å²) in [4.78, 5) is 0. The zero-order valence-electron chi connectivity index (χ0n) is 10.2. The Bertz CT molecular complexity index is 302. The number of nitrogens with one attached hydrogen (secondary N) is 1. The Hall–Kier alpha value is -0.800. The molecule has 2 rings (SSSR count). The standard InChI is InChI=1S/C13H21NO2/c1-3-8-14-12(11-6-4-9-15-11)13(2)7-5-10-16-13/h4,6,9,12,14H,3,5,7-8,10H2,1-2H3. The van der Waals surface area contributed by atoms with Crippen molar-refractivity contribution in [2.24, 2.45) is 0 Å². The number of hydrogen-bond donors (Lipinski definition) is 1. The molecule has 0 spiro atoms. The van der Waals surface area contributed by atoms with E-state index in [4.69, 9.17) is 9.15 Å². The predicted octanol–water partition coefficient (Wildman–Crippen LogP) is 2.89. The Kier molecular flexibility index (Phi) is 3.66. The zero-order chi connectivity index (χ0) is 11.4. The van der Waals surface area contributed by atoms with Crippen molar-refractivity contribution in [2.45, 2.75) is 44.8 Å². The van der Waals surface area contributed by atoms with Gasteiger partial charge < -0.3 is 14.5 Å². The second kappa shape index (κ2) is 5.02. The van der Waals surface area contributed by atoms with Crippen LogP contribution >= 0.6 is 0 Å². The molecule has 1 fully saturated rings. The van der Waals surface area contributed by atoms with E-state index in [0.29, 0.717) is 0 Å². The van der Waals surface area contributed by atoms with Gasteiger partial charge in [0.25, 0.3) is 0 Å². The van der Waals surface area contributed by atoms with Gasteiger partial charge >= 0.3 is 0 Å². The molecule has 1 aliphatic rings. The number of ether oxygens (including phenoxy) is 1. The summed E-state index contributed by atoms with van der Waals surface area (Å²) in [6, 6.07) is 4.14. The van der Waals surface area contributed by atoms with E-state index in [1.807, 2.05) is 12.1 Å². The van der Waals surface area contributed by atoms with Crippen LogP contribution in [0, 0.1) is 0 Å². The Morgan fingerprint density at radius 3 is 3.00 bits per heavy atom. The summed E-state index contributed by atoms with van der Waals surface area (Å²) in [6.07, 6.45) is 5.08. The van der Waals surface area contributed by atoms with E-state index >= 15 is 0 Å². The van der Waals surface area contributed by atoms with Crippen LogP contribution in [0.1, 0.15) is 44.9 Å². The fraction of sp³-hybridized carbons (Fsp3) is 0.692. The third kappa shape index (κ3) is 2.30. The number of hydrogen-bond acceptors (Lipinski definition) is 3. The molecule has 1 saturated heterocycles. The van der Waals surface area contributed by atoms with Crippen LogP contribution in [0.15, 0.2) is 22.8 Å². The first-order chi connectivity index (χ1) is 7.76. The van der Waals surface area contributed by atoms with Gasteiger partial charge in [-0.05, 0) is 44.9 Å². The van der Waals surface area contributed by atoms with Gasteiger partial charge in [-0.25, -0.2) is 0 Å². The summed E-state index contributed by atoms with van der Waals surface area (Å²) in [5.41, 5.74) is -0.118. The molecule has 0 amide bonds. The Labute approximate surface area is 97.2 Å². The van der Waals surface area contributed by atoms with E-state index < -0.39 is 0 Å². The molecule has 0 aromatic carbocycles. The molecule has 3 heteroatoms. The monoisotopic (exact) mass is 223 g/mol. The minimum Gasteiger partial charge on any atom is -0.468 e. The summed E-state index contributed by atoms with van der Waals surface area (Å²) >= 11 is 0. The van der Waals surface area contributed by atoms with Gasteiger partial charge in [-0.3, -0.25) is 0 Å². The summed E-state index contributed by atoms with van der Waals surface area (Å²) < 4.78 is 11.4. The van der Waals surface area contributed by atoms with Crippen molar-refractivity contribution in [2.75, 3.05) is 13.2 Å². The quantitative estimate of drug-likeness (QED) is 0.833. The maximum absolute atomic E-state index is 5.90. The number of rotatable bonds is 5. The Morgan fingerprint density at radius 1 is 1.56 bits per heavy atom. The first-order valence-electron chi connectivity index (χ1n) is 6.17. The smallest absolute Gasteiger partial charge is 0.123 e. The highest BCUT2D eigenvalue weighted by molar-refractivity contribution is 5.11. The van der Waals surface area contributed by atoms with Crippen LogP contribution in [-0.2, 0) is 4.74 Å². The zero-order valence-corrected chi connectivity index (χ0v) is 10.2. The second-order valence-electron chi connectivity index (χ2n) is 4.67. The van der Waals surface area contributed by atoms with Crippen LogP contribution in [0.4, 0.5) is 0 Å². The molecule has 0 radical (unpaired) electrons. The van der Waals surface area contributed by atoms with Crippen molar-refractivity contribution in [3.05, 3.63) is 24.2 Å². The summed E-state index contributed by atoms with van der Waals surface area (Å²) in [5.74, 6) is 0.984. The lowest BCUT2D eigenvalue weighted by Gasteiger charge is -2.32. The molecule has 0 aliphatic carbocycles. The molecular formula is C13H21NO2. The normalized spacial score (nSPS) is 27.1. The average molecular weight is 223 g/mol. The molecule has 2 heterocycles. The molecule has 1 N–H and O–H groups in total. The summed E-state index contributed by atoms with van der Waals surface area (Å²) in [5, 5.41) is 3.54. The molecule has 0 saturated carbocycles. The van der Waals surface area contributed by atoms with Crippen LogP contribution in [0.3, 0.4) is 0 Å². The third-order valence-corrected chi connectivity index (χ3v) is 3.29. The molecular weight excluding hydrogens is 202 g/mol. The van der Waals surface area contributed by atoms with E-state index in [2.05, 4.69) is 19.2 Å². The lowest BCUT2D eigenvalue weighted by Crippen LogP contribution is -2.41. The lowest BCUT2D eigenvalue weighted by molar-refractivity contribution is -0.0180. The van der Waals surface area contributed by atoms with Gasteiger partial charge in [-0.15, -0.1) is 0 Å². The Morgan fingerprint density at radius 2 is 2.44 bits per heavy atom. The van der Waals surface area contributed by atoms with E-state index in [1.54, 1.807) is 6.26 Å². The maximum atomic E-state index is 5.90. The Balaban J connectivity index is 2.14. The van der Waals surface area contributed by atoms with Crippen LogP contribution in [0.2, 0.25) is 0 Å². The average Bonchev–Trinajstić information content (AvgIpc) is 2.91. The second-order valence-corrected chi connectivity index (χ2v) is 4.67. The molecule has 16 heavy (non-hydrogen) atoms. The first kappa shape index (κ1) is 11.7. The van der Waals surface area contributed by atoms with Gasteiger partial charge in [0.05, 0.1) is 17.9 Å². The van der Waals surface area contributed by atoms with Crippen LogP contribution in [-0.4, -0.2) is 18.8 Å². The molecule has 1 aromatic rings. The minimum absolute atomic E-state index is 0.118. The van der Waals surface area contributed by atoms with Crippen molar-refractivity contribution in [3.8, 4) is 0 Å². The van der Waals surface area contributed by atoms with Crippen molar-refractivity contribution in [1.82, 2.24) is 5.32 Å². The topological polar surface area (TPSA) is 34.4 Å². The summed E-state index contributed by atoms with van der Waals surface area (Å²) in [7, 11) is 0. The largest absolute Gasteiger partial charge is 0.468 e. The predicted molar refractivity (Wildman–Crippen MR) is 63.3 cm³/mol. The molecule has 0 bridgehead atoms. The van der Waals surface area contributed by atoms with E-state index in [9.17, 15) is 0 Å². The fourth-order valence-corrected chi connectivity index (χ4v) is 2.39. The molecule has 90 valence electrons. The highest BCUT2D eigenvalue weighted by Crippen LogP contribution is 2.37. The molecule has 2 atom stereocenters. The van der Waals surface area contributed by atoms with Crippen LogP contribution < -0.4 is 5.32 Å². The number of furan rings is 1. The van der Waals surface area contributed by atoms with Gasteiger partial charge in [0.1, 0.15) is 5.76 Å². The maximum Gasteiger partial charge on any atom is 0.123 e. The van der Waals surface area contributed by atoms with Crippen molar-refractivity contribution in [3.63, 3.8) is 0 Å². The highest BCUT2D eigenvalue weighted by atomic mass is 16.5. The highest BCUT2D eigenvalue weighted by Gasteiger charge is 2.40. The fourth-order valence-electron chi connectivity index (χ4n) is 2.39. The van der Waals surface area contributed by atoms with Crippen molar-refractivity contribution >= 4 is 0 Å². The van der Waals surface area contributed by atoms with Gasteiger partial charge in [0, 0.05) is 6.61 Å². The molecule has 1 aromatic heterocycles. The van der Waals surface area contributed by atoms with Gasteiger partial charge in [0.2, 0.25) is 0 Å². The SMILES string of the molecule is CCCNC(c1ccco1)C1(C)CCCO1. The lowest BCUT2D eigenvalue weighted by atomic mass is 9.91. The third-order valence-electron chi connectivity index (χ3n) is 3.29. The van der Waals surface area contributed by atoms with Crippen LogP contribution in [0.5, 0.6) is 0 Å². The van der Waals surface area contributed by atoms with Crippen molar-refractivity contribution in [1.29, 1.82) is 0 Å². The van der Waals surface area contributed by atoms with Gasteiger partial charge in [-0.1, -0.05) is 6.92 Å². The minimum atomic E-state index is -0.118. The molecule has 2 unspecified atom stereocenters. The van der Waals surface area contributed by atoms with E-state index in [-0.39, 0.29) is 11.6 Å². The van der Waals surface area contributed by atoms with E-state index in [1.165, 1.54) is 0 Å². The van der Waals surface area contributed by atoms with E-state index in [0.717, 1.165) is 38.2 Å². The van der Waals surface area contributed by atoms with Gasteiger partial charge in [0.15, 0.2) is 0 Å². The van der Waals surface area contributed by atoms with Gasteiger partial charge in [-0.2, -0.15) is 0 Å². The van der Waals surface area contributed by atoms with Crippen molar-refractivity contribution < 1.29 is 9.15 Å². The van der Waals surface area contributed by atoms with Crippen LogP contribution in [0.25, 0.3) is 0 Å². The first-order valence-corrected chi connectivity index (χ1v) is 6.17. The molecule has 3 nitrogen and oxygen atoms in total. The summed E-state index contributed by atoms with van der Waals surface area (Å²) in [6.45, 7) is 6.20. The molecule has 1 aliphatic heterocycles.